The number of nitrogens with one attached hydrogen (secondary N) is 2. The van der Waals surface area contributed by atoms with E-state index in [9.17, 15) is 13.6 Å². The topological polar surface area (TPSA) is 93.5 Å². The summed E-state index contributed by atoms with van der Waals surface area (Å²) in [5.74, 6) is -2.20. The number of hydrogen-bond acceptors (Lipinski definition) is 8. The van der Waals surface area contributed by atoms with Crippen LogP contribution in [0.5, 0.6) is 11.5 Å². The maximum Gasteiger partial charge on any atom is 0.295 e. The molecule has 1 aromatic carbocycles. The van der Waals surface area contributed by atoms with Crippen LogP contribution in [0.2, 0.25) is 0 Å². The highest BCUT2D eigenvalue weighted by molar-refractivity contribution is 5.97. The predicted octanol–water partition coefficient (Wildman–Crippen LogP) is 4.78. The summed E-state index contributed by atoms with van der Waals surface area (Å²) in [6.07, 6.45) is 4.77. The third kappa shape index (κ3) is 4.51. The predicted molar refractivity (Wildman–Crippen MR) is 147 cm³/mol. The number of alkyl halides is 2. The van der Waals surface area contributed by atoms with Crippen LogP contribution < -0.4 is 30.6 Å². The first kappa shape index (κ1) is 25.6. The third-order valence-corrected chi connectivity index (χ3v) is 8.36. The molecular formula is C28H34F2N6O3. The molecule has 1 saturated carbocycles. The van der Waals surface area contributed by atoms with Gasteiger partial charge in [0.15, 0.2) is 11.6 Å². The Labute approximate surface area is 225 Å². The number of rotatable bonds is 5. The van der Waals surface area contributed by atoms with Crippen LogP contribution >= 0.6 is 0 Å². The Hall–Kier alpha value is -3.63. The zero-order chi connectivity index (χ0) is 27.5. The van der Waals surface area contributed by atoms with Crippen LogP contribution in [0.3, 0.4) is 0 Å². The number of anilines is 4. The first-order valence-corrected chi connectivity index (χ1v) is 13.5. The van der Waals surface area contributed by atoms with Crippen LogP contribution in [0.25, 0.3) is 10.9 Å². The SMILES string of the molecule is COc1cnc(N2C[C@@H](C)C(F)(F)[C@@H](C)C2)nc1Nc1ccc2c(c1)c1c(c(=O)n2C)OCCC(C2CC2)N1. The summed E-state index contributed by atoms with van der Waals surface area (Å²) in [6, 6.07) is 6.00. The van der Waals surface area contributed by atoms with Crippen molar-refractivity contribution >= 4 is 34.0 Å². The number of fused-ring (bicyclic) bond motifs is 3. The van der Waals surface area contributed by atoms with E-state index in [1.165, 1.54) is 20.0 Å². The molecule has 1 saturated heterocycles. The first-order valence-electron chi connectivity index (χ1n) is 13.5. The number of benzene rings is 1. The summed E-state index contributed by atoms with van der Waals surface area (Å²) < 4.78 is 41.9. The van der Waals surface area contributed by atoms with Gasteiger partial charge >= 0.3 is 0 Å². The summed E-state index contributed by atoms with van der Waals surface area (Å²) in [4.78, 5) is 24.0. The Morgan fingerprint density at radius 3 is 2.62 bits per heavy atom. The quantitative estimate of drug-likeness (QED) is 0.478. The summed E-state index contributed by atoms with van der Waals surface area (Å²) in [7, 11) is 3.28. The van der Waals surface area contributed by atoms with Crippen LogP contribution in [-0.4, -0.2) is 53.3 Å². The van der Waals surface area contributed by atoms with Crippen molar-refractivity contribution in [1.82, 2.24) is 14.5 Å². The van der Waals surface area contributed by atoms with E-state index in [0.29, 0.717) is 35.8 Å². The lowest BCUT2D eigenvalue weighted by molar-refractivity contribution is -0.105. The molecule has 4 heterocycles. The molecule has 208 valence electrons. The Bertz CT molecular complexity index is 1460. The minimum absolute atomic E-state index is 0.160. The zero-order valence-electron chi connectivity index (χ0n) is 22.6. The van der Waals surface area contributed by atoms with Gasteiger partial charge in [0.25, 0.3) is 11.5 Å². The van der Waals surface area contributed by atoms with Gasteiger partial charge in [0.2, 0.25) is 11.7 Å². The van der Waals surface area contributed by atoms with Crippen molar-refractivity contribution < 1.29 is 18.3 Å². The third-order valence-electron chi connectivity index (χ3n) is 8.36. The van der Waals surface area contributed by atoms with Crippen LogP contribution in [0.1, 0.15) is 33.1 Å². The monoisotopic (exact) mass is 540 g/mol. The Kier molecular flexibility index (Phi) is 6.27. The van der Waals surface area contributed by atoms with Gasteiger partial charge in [-0.3, -0.25) is 4.79 Å². The molecule has 2 aliphatic heterocycles. The maximum atomic E-state index is 14.4. The molecule has 0 radical (unpaired) electrons. The molecule has 0 spiro atoms. The van der Waals surface area contributed by atoms with E-state index in [1.54, 1.807) is 36.6 Å². The number of pyridine rings is 1. The molecule has 0 bridgehead atoms. The largest absolute Gasteiger partial charge is 0.491 e. The Balaban J connectivity index is 1.36. The highest BCUT2D eigenvalue weighted by atomic mass is 19.3. The zero-order valence-corrected chi connectivity index (χ0v) is 22.6. The second-order valence-corrected chi connectivity index (χ2v) is 11.1. The lowest BCUT2D eigenvalue weighted by Gasteiger charge is -2.41. The van der Waals surface area contributed by atoms with Gasteiger partial charge in [-0.25, -0.2) is 13.8 Å². The standard InChI is InChI=1S/C28H34F2N6O3/c1-15-13-36(14-16(2)28(15,29)30)27-31-12-22(38-4)25(34-27)32-18-7-8-21-19(11-18)23-24(26(37)35(21)3)39-10-9-20(33-23)17-5-6-17/h7-8,11-12,15-17,20,33H,5-6,9-10,13-14H2,1-4H3,(H,31,32,34)/t15-,16+,20?. The molecule has 1 unspecified atom stereocenters. The number of aromatic nitrogens is 3. The Morgan fingerprint density at radius 2 is 1.92 bits per heavy atom. The lowest BCUT2D eigenvalue weighted by Crippen LogP contribution is -2.52. The first-order chi connectivity index (χ1) is 18.7. The number of ether oxygens (including phenoxy) is 2. The smallest absolute Gasteiger partial charge is 0.295 e. The van der Waals surface area contributed by atoms with E-state index in [0.717, 1.165) is 28.7 Å². The molecule has 9 nitrogen and oxygen atoms in total. The summed E-state index contributed by atoms with van der Waals surface area (Å²) in [5.41, 5.74) is 2.06. The maximum absolute atomic E-state index is 14.4. The van der Waals surface area contributed by atoms with Crippen molar-refractivity contribution in [2.45, 2.75) is 45.1 Å². The van der Waals surface area contributed by atoms with E-state index >= 15 is 0 Å². The number of hydrogen-bond donors (Lipinski definition) is 2. The summed E-state index contributed by atoms with van der Waals surface area (Å²) in [6.45, 7) is 3.94. The summed E-state index contributed by atoms with van der Waals surface area (Å²) in [5, 5.41) is 7.82. The van der Waals surface area contributed by atoms with Crippen molar-refractivity contribution in [2.75, 3.05) is 42.3 Å². The fourth-order valence-electron chi connectivity index (χ4n) is 5.79. The van der Waals surface area contributed by atoms with Crippen molar-refractivity contribution in [3.05, 3.63) is 34.7 Å². The molecule has 2 aromatic heterocycles. The molecular weight excluding hydrogens is 506 g/mol. The second kappa shape index (κ2) is 9.53. The molecule has 6 rings (SSSR count). The van der Waals surface area contributed by atoms with Crippen LogP contribution in [0, 0.1) is 17.8 Å². The van der Waals surface area contributed by atoms with E-state index in [-0.39, 0.29) is 24.7 Å². The molecule has 1 aliphatic carbocycles. The number of halogens is 2. The minimum atomic E-state index is -2.73. The average molecular weight is 541 g/mol. The van der Waals surface area contributed by atoms with Crippen LogP contribution in [0.15, 0.2) is 29.2 Å². The molecule has 0 amide bonds. The van der Waals surface area contributed by atoms with E-state index < -0.39 is 17.8 Å². The highest BCUT2D eigenvalue weighted by Gasteiger charge is 2.47. The highest BCUT2D eigenvalue weighted by Crippen LogP contribution is 2.42. The van der Waals surface area contributed by atoms with Crippen molar-refractivity contribution in [3.63, 3.8) is 0 Å². The summed E-state index contributed by atoms with van der Waals surface area (Å²) >= 11 is 0. The van der Waals surface area contributed by atoms with E-state index in [4.69, 9.17) is 9.47 Å². The molecule has 3 aliphatic rings. The second-order valence-electron chi connectivity index (χ2n) is 11.1. The van der Waals surface area contributed by atoms with Gasteiger partial charge in [0.1, 0.15) is 0 Å². The molecule has 11 heteroatoms. The van der Waals surface area contributed by atoms with Gasteiger partial charge in [-0.05, 0) is 37.0 Å². The van der Waals surface area contributed by atoms with Gasteiger partial charge in [-0.2, -0.15) is 4.98 Å². The van der Waals surface area contributed by atoms with E-state index in [2.05, 4.69) is 20.6 Å². The molecule has 2 N–H and O–H groups in total. The van der Waals surface area contributed by atoms with Crippen molar-refractivity contribution in [2.24, 2.45) is 24.8 Å². The fourth-order valence-corrected chi connectivity index (χ4v) is 5.79. The molecule has 2 fully saturated rings. The van der Waals surface area contributed by atoms with Gasteiger partial charge < -0.3 is 29.6 Å². The number of aryl methyl sites for hydroxylation is 1. The lowest BCUT2D eigenvalue weighted by atomic mass is 9.87. The number of piperidine rings is 1. The van der Waals surface area contributed by atoms with Gasteiger partial charge in [-0.1, -0.05) is 13.8 Å². The van der Waals surface area contributed by atoms with Crippen molar-refractivity contribution in [1.29, 1.82) is 0 Å². The van der Waals surface area contributed by atoms with Crippen LogP contribution in [0.4, 0.5) is 31.9 Å². The number of nitrogens with zero attached hydrogens (tertiary/aromatic N) is 4. The normalized spacial score (nSPS) is 24.4. The number of methoxy groups -OCH3 is 1. The van der Waals surface area contributed by atoms with Gasteiger partial charge in [0, 0.05) is 55.5 Å². The van der Waals surface area contributed by atoms with Gasteiger partial charge in [0.05, 0.1) is 31.1 Å². The minimum Gasteiger partial charge on any atom is -0.491 e. The molecule has 3 aromatic rings. The van der Waals surface area contributed by atoms with Crippen LogP contribution in [-0.2, 0) is 7.05 Å². The average Bonchev–Trinajstić information content (AvgIpc) is 3.77. The van der Waals surface area contributed by atoms with E-state index in [1.807, 2.05) is 18.2 Å². The Morgan fingerprint density at radius 1 is 1.18 bits per heavy atom. The van der Waals surface area contributed by atoms with Crippen molar-refractivity contribution in [3.8, 4) is 11.5 Å². The molecule has 3 atom stereocenters. The molecule has 39 heavy (non-hydrogen) atoms. The fraction of sp³-hybridized carbons (Fsp3) is 0.536. The van der Waals surface area contributed by atoms with Gasteiger partial charge in [-0.15, -0.1) is 0 Å².